The number of hydrogen-bond acceptors (Lipinski definition) is 6. The highest BCUT2D eigenvalue weighted by atomic mass is 79.9. The summed E-state index contributed by atoms with van der Waals surface area (Å²) in [5.74, 6) is 1.72. The number of rotatable bonds is 5. The maximum atomic E-state index is 9.63. The summed E-state index contributed by atoms with van der Waals surface area (Å²) in [5, 5.41) is 17.5. The Labute approximate surface area is 153 Å². The molecule has 4 rings (SSSR count). The SMILES string of the molecule is OCC1CCCN1c1cc(NCc2cccnc2)n2ncc(Br)c2n1. The first kappa shape index (κ1) is 16.3. The van der Waals surface area contributed by atoms with Crippen LogP contribution in [0.5, 0.6) is 0 Å². The summed E-state index contributed by atoms with van der Waals surface area (Å²) < 4.78 is 2.63. The van der Waals surface area contributed by atoms with Crippen molar-refractivity contribution in [1.82, 2.24) is 19.6 Å². The standard InChI is InChI=1S/C17H19BrN6O/c18-14-10-21-24-15(20-9-12-3-1-5-19-8-12)7-16(22-17(14)24)23-6-2-4-13(23)11-25/h1,3,5,7-8,10,13,20,25H,2,4,6,9,11H2. The minimum atomic E-state index is 0.128. The monoisotopic (exact) mass is 402 g/mol. The molecule has 0 aliphatic carbocycles. The van der Waals surface area contributed by atoms with E-state index in [0.29, 0.717) is 6.54 Å². The third-order valence-corrected chi connectivity index (χ3v) is 5.05. The highest BCUT2D eigenvalue weighted by Gasteiger charge is 2.26. The molecule has 1 atom stereocenters. The van der Waals surface area contributed by atoms with E-state index in [1.807, 2.05) is 24.4 Å². The lowest BCUT2D eigenvalue weighted by Crippen LogP contribution is -2.33. The van der Waals surface area contributed by atoms with Gasteiger partial charge in [-0.2, -0.15) is 9.61 Å². The van der Waals surface area contributed by atoms with Gasteiger partial charge < -0.3 is 15.3 Å². The van der Waals surface area contributed by atoms with Gasteiger partial charge in [0, 0.05) is 31.5 Å². The van der Waals surface area contributed by atoms with Crippen LogP contribution < -0.4 is 10.2 Å². The Morgan fingerprint density at radius 3 is 3.08 bits per heavy atom. The lowest BCUT2D eigenvalue weighted by molar-refractivity contribution is 0.266. The van der Waals surface area contributed by atoms with Crippen molar-refractivity contribution in [3.05, 3.63) is 46.8 Å². The Hall–Kier alpha value is -2.19. The second-order valence-electron chi connectivity index (χ2n) is 6.11. The van der Waals surface area contributed by atoms with Crippen LogP contribution in [0.15, 0.2) is 41.3 Å². The summed E-state index contributed by atoms with van der Waals surface area (Å²) in [6.07, 6.45) is 7.40. The van der Waals surface area contributed by atoms with E-state index in [-0.39, 0.29) is 12.6 Å². The first-order chi connectivity index (χ1) is 12.3. The van der Waals surface area contributed by atoms with E-state index < -0.39 is 0 Å². The van der Waals surface area contributed by atoms with E-state index in [1.165, 1.54) is 0 Å². The predicted octanol–water partition coefficient (Wildman–Crippen LogP) is 2.46. The molecule has 4 heterocycles. The molecule has 1 aliphatic heterocycles. The molecular formula is C17H19BrN6O. The average molecular weight is 403 g/mol. The van der Waals surface area contributed by atoms with Crippen LogP contribution in [0.3, 0.4) is 0 Å². The van der Waals surface area contributed by atoms with Gasteiger partial charge in [-0.25, -0.2) is 4.98 Å². The predicted molar refractivity (Wildman–Crippen MR) is 99.7 cm³/mol. The van der Waals surface area contributed by atoms with Gasteiger partial charge in [0.2, 0.25) is 0 Å². The second-order valence-corrected chi connectivity index (χ2v) is 6.97. The van der Waals surface area contributed by atoms with E-state index in [0.717, 1.165) is 46.7 Å². The lowest BCUT2D eigenvalue weighted by atomic mass is 10.2. The number of fused-ring (bicyclic) bond motifs is 1. The molecule has 25 heavy (non-hydrogen) atoms. The summed E-state index contributed by atoms with van der Waals surface area (Å²) in [5.41, 5.74) is 1.85. The fourth-order valence-electron chi connectivity index (χ4n) is 3.22. The quantitative estimate of drug-likeness (QED) is 0.682. The van der Waals surface area contributed by atoms with Gasteiger partial charge >= 0.3 is 0 Å². The van der Waals surface area contributed by atoms with Crippen molar-refractivity contribution in [3.8, 4) is 0 Å². The molecule has 0 aromatic carbocycles. The first-order valence-electron chi connectivity index (χ1n) is 8.31. The van der Waals surface area contributed by atoms with Crippen molar-refractivity contribution in [2.45, 2.75) is 25.4 Å². The van der Waals surface area contributed by atoms with Gasteiger partial charge in [-0.15, -0.1) is 0 Å². The van der Waals surface area contributed by atoms with Gasteiger partial charge in [-0.1, -0.05) is 6.07 Å². The van der Waals surface area contributed by atoms with Gasteiger partial charge in [-0.05, 0) is 40.4 Å². The Morgan fingerprint density at radius 2 is 2.28 bits per heavy atom. The highest BCUT2D eigenvalue weighted by molar-refractivity contribution is 9.10. The zero-order valence-electron chi connectivity index (χ0n) is 13.6. The molecule has 0 radical (unpaired) electrons. The van der Waals surface area contributed by atoms with Crippen molar-refractivity contribution in [1.29, 1.82) is 0 Å². The largest absolute Gasteiger partial charge is 0.394 e. The molecule has 0 saturated carbocycles. The normalized spacial score (nSPS) is 17.4. The first-order valence-corrected chi connectivity index (χ1v) is 9.10. The molecule has 2 N–H and O–H groups in total. The second kappa shape index (κ2) is 6.97. The molecule has 1 aliphatic rings. The Bertz CT molecular complexity index is 868. The number of aromatic nitrogens is 4. The molecule has 8 heteroatoms. The van der Waals surface area contributed by atoms with Gasteiger partial charge in [0.1, 0.15) is 11.6 Å². The van der Waals surface area contributed by atoms with Crippen LogP contribution in [-0.4, -0.2) is 43.9 Å². The number of pyridine rings is 1. The van der Waals surface area contributed by atoms with E-state index in [1.54, 1.807) is 16.9 Å². The number of anilines is 2. The topological polar surface area (TPSA) is 78.6 Å². The van der Waals surface area contributed by atoms with Crippen LogP contribution in [-0.2, 0) is 6.54 Å². The molecule has 0 bridgehead atoms. The minimum absolute atomic E-state index is 0.128. The number of nitrogens with zero attached hydrogens (tertiary/aromatic N) is 5. The molecule has 7 nitrogen and oxygen atoms in total. The number of aliphatic hydroxyl groups excluding tert-OH is 1. The third-order valence-electron chi connectivity index (χ3n) is 4.49. The van der Waals surface area contributed by atoms with Gasteiger partial charge in [0.25, 0.3) is 0 Å². The molecule has 0 spiro atoms. The number of aliphatic hydroxyl groups is 1. The lowest BCUT2D eigenvalue weighted by Gasteiger charge is -2.25. The molecule has 1 fully saturated rings. The summed E-state index contributed by atoms with van der Waals surface area (Å²) in [6.45, 7) is 1.70. The zero-order chi connectivity index (χ0) is 17.2. The van der Waals surface area contributed by atoms with E-state index in [2.05, 4.69) is 36.2 Å². The molecule has 0 amide bonds. The van der Waals surface area contributed by atoms with Crippen molar-refractivity contribution in [2.24, 2.45) is 0 Å². The fourth-order valence-corrected chi connectivity index (χ4v) is 3.57. The molecule has 1 saturated heterocycles. The molecule has 3 aromatic heterocycles. The van der Waals surface area contributed by atoms with E-state index >= 15 is 0 Å². The van der Waals surface area contributed by atoms with Crippen LogP contribution in [0, 0.1) is 0 Å². The fraction of sp³-hybridized carbons (Fsp3) is 0.353. The summed E-state index contributed by atoms with van der Waals surface area (Å²) in [7, 11) is 0. The van der Waals surface area contributed by atoms with Crippen LogP contribution in [0.25, 0.3) is 5.65 Å². The Kier molecular flexibility index (Phi) is 4.54. The maximum Gasteiger partial charge on any atom is 0.173 e. The summed E-state index contributed by atoms with van der Waals surface area (Å²) in [4.78, 5) is 11.1. The maximum absolute atomic E-state index is 9.63. The van der Waals surface area contributed by atoms with Gasteiger partial charge in [-0.3, -0.25) is 4.98 Å². The number of nitrogens with one attached hydrogen (secondary N) is 1. The van der Waals surface area contributed by atoms with Crippen LogP contribution in [0.4, 0.5) is 11.6 Å². The van der Waals surface area contributed by atoms with Crippen LogP contribution in [0.2, 0.25) is 0 Å². The van der Waals surface area contributed by atoms with E-state index in [9.17, 15) is 5.11 Å². The van der Waals surface area contributed by atoms with Crippen molar-refractivity contribution < 1.29 is 5.11 Å². The summed E-state index contributed by atoms with van der Waals surface area (Å²) >= 11 is 3.52. The third kappa shape index (κ3) is 3.19. The molecule has 3 aromatic rings. The number of halogens is 1. The van der Waals surface area contributed by atoms with Crippen molar-refractivity contribution in [2.75, 3.05) is 23.4 Å². The van der Waals surface area contributed by atoms with E-state index in [4.69, 9.17) is 4.98 Å². The Balaban J connectivity index is 1.69. The van der Waals surface area contributed by atoms with Crippen LogP contribution >= 0.6 is 15.9 Å². The van der Waals surface area contributed by atoms with Crippen molar-refractivity contribution >= 4 is 33.2 Å². The highest BCUT2D eigenvalue weighted by Crippen LogP contribution is 2.29. The zero-order valence-corrected chi connectivity index (χ0v) is 15.2. The van der Waals surface area contributed by atoms with Crippen molar-refractivity contribution in [3.63, 3.8) is 0 Å². The smallest absolute Gasteiger partial charge is 0.173 e. The van der Waals surface area contributed by atoms with Crippen LogP contribution in [0.1, 0.15) is 18.4 Å². The van der Waals surface area contributed by atoms with Gasteiger partial charge in [0.05, 0.1) is 23.3 Å². The number of hydrogen-bond donors (Lipinski definition) is 2. The average Bonchev–Trinajstić information content (AvgIpc) is 3.27. The summed E-state index contributed by atoms with van der Waals surface area (Å²) in [6, 6.07) is 6.07. The Morgan fingerprint density at radius 1 is 1.36 bits per heavy atom. The van der Waals surface area contributed by atoms with Gasteiger partial charge in [0.15, 0.2) is 5.65 Å². The molecule has 1 unspecified atom stereocenters. The minimum Gasteiger partial charge on any atom is -0.394 e. The molecular weight excluding hydrogens is 384 g/mol. The molecule has 130 valence electrons.